The van der Waals surface area contributed by atoms with E-state index in [1.807, 2.05) is 0 Å². The van der Waals surface area contributed by atoms with Crippen LogP contribution in [0.3, 0.4) is 0 Å². The summed E-state index contributed by atoms with van der Waals surface area (Å²) < 4.78 is 0. The molecule has 98 valence electrons. The largest absolute Gasteiger partial charge is 0.478 e. The highest BCUT2D eigenvalue weighted by Crippen LogP contribution is 2.26. The second-order valence-electron chi connectivity index (χ2n) is 4.12. The number of aromatic carboxylic acids is 1. The highest BCUT2D eigenvalue weighted by atomic mass is 35.5. The van der Waals surface area contributed by atoms with Crippen LogP contribution in [0.4, 0.5) is 5.69 Å². The van der Waals surface area contributed by atoms with E-state index in [0.29, 0.717) is 10.7 Å². The number of hydrogen-bond donors (Lipinski definition) is 1. The number of carbonyl (C=O) groups is 2. The predicted molar refractivity (Wildman–Crippen MR) is 70.4 cm³/mol. The number of hydrogen-bond acceptors (Lipinski definition) is 3. The van der Waals surface area contributed by atoms with Crippen LogP contribution in [0.25, 0.3) is 0 Å². The molecule has 1 rings (SSSR count). The van der Waals surface area contributed by atoms with Crippen LogP contribution < -0.4 is 4.90 Å². The number of carboxylic acids is 1. The molecule has 0 saturated heterocycles. The maximum absolute atomic E-state index is 11.6. The van der Waals surface area contributed by atoms with Gasteiger partial charge in [-0.25, -0.2) is 4.79 Å². The quantitative estimate of drug-likeness (QED) is 0.902. The minimum atomic E-state index is -1.03. The first-order valence-electron chi connectivity index (χ1n) is 5.27. The third kappa shape index (κ3) is 3.37. The van der Waals surface area contributed by atoms with Crippen molar-refractivity contribution in [3.8, 4) is 0 Å². The van der Waals surface area contributed by atoms with E-state index in [1.165, 1.54) is 17.0 Å². The summed E-state index contributed by atoms with van der Waals surface area (Å²) in [6, 6.07) is 4.42. The molecule has 0 unspecified atom stereocenters. The average Bonchev–Trinajstić information content (AvgIpc) is 2.28. The van der Waals surface area contributed by atoms with Crippen molar-refractivity contribution in [2.45, 2.75) is 0 Å². The Morgan fingerprint density at radius 3 is 2.33 bits per heavy atom. The first-order valence-corrected chi connectivity index (χ1v) is 5.65. The summed E-state index contributed by atoms with van der Waals surface area (Å²) in [5.74, 6) is -1.09. The maximum atomic E-state index is 11.6. The molecule has 0 bridgehead atoms. The van der Waals surface area contributed by atoms with Crippen molar-refractivity contribution >= 4 is 29.2 Å². The van der Waals surface area contributed by atoms with Crippen LogP contribution >= 0.6 is 11.6 Å². The van der Waals surface area contributed by atoms with E-state index in [4.69, 9.17) is 16.7 Å². The van der Waals surface area contributed by atoms with E-state index in [-0.39, 0.29) is 18.0 Å². The number of halogens is 1. The van der Waals surface area contributed by atoms with Crippen molar-refractivity contribution in [1.82, 2.24) is 4.90 Å². The van der Waals surface area contributed by atoms with Gasteiger partial charge in [-0.15, -0.1) is 0 Å². The predicted octanol–water partition coefficient (Wildman–Crippen LogP) is 1.56. The lowest BCUT2D eigenvalue weighted by molar-refractivity contribution is -0.127. The Bertz CT molecular complexity index is 474. The summed E-state index contributed by atoms with van der Waals surface area (Å²) >= 11 is 6.00. The molecule has 0 heterocycles. The van der Waals surface area contributed by atoms with Gasteiger partial charge in [0.25, 0.3) is 0 Å². The van der Waals surface area contributed by atoms with Gasteiger partial charge in [0.1, 0.15) is 0 Å². The van der Waals surface area contributed by atoms with E-state index in [9.17, 15) is 9.59 Å². The standard InChI is InChI=1S/C12H15ClN2O3/c1-14(2)11(16)7-15(3)10-5-4-8(12(17)18)6-9(10)13/h4-6H,7H2,1-3H3,(H,17,18). The molecule has 0 atom stereocenters. The first kappa shape index (κ1) is 14.3. The van der Waals surface area contributed by atoms with Gasteiger partial charge in [0, 0.05) is 21.1 Å². The molecule has 5 nitrogen and oxygen atoms in total. The smallest absolute Gasteiger partial charge is 0.335 e. The van der Waals surface area contributed by atoms with Crippen LogP contribution in [-0.2, 0) is 4.79 Å². The van der Waals surface area contributed by atoms with Crippen LogP contribution in [0, 0.1) is 0 Å². The Balaban J connectivity index is 2.90. The topological polar surface area (TPSA) is 60.9 Å². The molecule has 0 aliphatic carbocycles. The van der Waals surface area contributed by atoms with Crippen LogP contribution in [0.15, 0.2) is 18.2 Å². The molecule has 0 radical (unpaired) electrons. The van der Waals surface area contributed by atoms with Crippen LogP contribution in [0.2, 0.25) is 5.02 Å². The Morgan fingerprint density at radius 1 is 1.28 bits per heavy atom. The van der Waals surface area contributed by atoms with Gasteiger partial charge in [-0.05, 0) is 18.2 Å². The van der Waals surface area contributed by atoms with Crippen molar-refractivity contribution in [2.24, 2.45) is 0 Å². The summed E-state index contributed by atoms with van der Waals surface area (Å²) in [5, 5.41) is 9.13. The van der Waals surface area contributed by atoms with Crippen molar-refractivity contribution < 1.29 is 14.7 Å². The van der Waals surface area contributed by atoms with Crippen LogP contribution in [-0.4, -0.2) is 49.6 Å². The first-order chi connectivity index (χ1) is 8.32. The third-order valence-electron chi connectivity index (χ3n) is 2.48. The van der Waals surface area contributed by atoms with Crippen molar-refractivity contribution in [3.63, 3.8) is 0 Å². The average molecular weight is 271 g/mol. The molecule has 0 aromatic heterocycles. The Labute approximate surface area is 111 Å². The lowest BCUT2D eigenvalue weighted by Crippen LogP contribution is -2.34. The minimum absolute atomic E-state index is 0.0594. The molecule has 0 aliphatic rings. The van der Waals surface area contributed by atoms with Gasteiger partial charge >= 0.3 is 5.97 Å². The Hall–Kier alpha value is -1.75. The molecule has 1 aromatic rings. The molecule has 18 heavy (non-hydrogen) atoms. The van der Waals surface area contributed by atoms with Crippen LogP contribution in [0.1, 0.15) is 10.4 Å². The second-order valence-corrected chi connectivity index (χ2v) is 4.52. The van der Waals surface area contributed by atoms with Gasteiger partial charge in [0.2, 0.25) is 5.91 Å². The van der Waals surface area contributed by atoms with Crippen molar-refractivity contribution in [3.05, 3.63) is 28.8 Å². The molecule has 0 aliphatic heterocycles. The highest BCUT2D eigenvalue weighted by Gasteiger charge is 2.13. The molecule has 6 heteroatoms. The van der Waals surface area contributed by atoms with Crippen LogP contribution in [0.5, 0.6) is 0 Å². The molecule has 1 amide bonds. The zero-order chi connectivity index (χ0) is 13.9. The fourth-order valence-electron chi connectivity index (χ4n) is 1.38. The van der Waals surface area contributed by atoms with Gasteiger partial charge in [0.05, 0.1) is 22.8 Å². The zero-order valence-corrected chi connectivity index (χ0v) is 11.2. The number of nitrogens with zero attached hydrogens (tertiary/aromatic N) is 2. The van der Waals surface area contributed by atoms with E-state index in [0.717, 1.165) is 0 Å². The van der Waals surface area contributed by atoms with E-state index in [1.54, 1.807) is 32.1 Å². The number of anilines is 1. The summed E-state index contributed by atoms with van der Waals surface area (Å²) in [5.41, 5.74) is 0.743. The lowest BCUT2D eigenvalue weighted by Gasteiger charge is -2.22. The van der Waals surface area contributed by atoms with Gasteiger partial charge in [-0.2, -0.15) is 0 Å². The number of carbonyl (C=O) groups excluding carboxylic acids is 1. The van der Waals surface area contributed by atoms with Gasteiger partial charge in [-0.1, -0.05) is 11.6 Å². The highest BCUT2D eigenvalue weighted by molar-refractivity contribution is 6.33. The fourth-order valence-corrected chi connectivity index (χ4v) is 1.70. The molecular formula is C12H15ClN2O3. The number of benzene rings is 1. The fraction of sp³-hybridized carbons (Fsp3) is 0.333. The monoisotopic (exact) mass is 270 g/mol. The van der Waals surface area contributed by atoms with Gasteiger partial charge < -0.3 is 14.9 Å². The minimum Gasteiger partial charge on any atom is -0.478 e. The number of rotatable bonds is 4. The normalized spacial score (nSPS) is 10.0. The zero-order valence-electron chi connectivity index (χ0n) is 10.5. The second kappa shape index (κ2) is 5.73. The van der Waals surface area contributed by atoms with Crippen molar-refractivity contribution in [2.75, 3.05) is 32.6 Å². The Morgan fingerprint density at radius 2 is 1.89 bits per heavy atom. The SMILES string of the molecule is CN(C)C(=O)CN(C)c1ccc(C(=O)O)cc1Cl. The molecule has 0 spiro atoms. The van der Waals surface area contributed by atoms with E-state index in [2.05, 4.69) is 0 Å². The van der Waals surface area contributed by atoms with Gasteiger partial charge in [-0.3, -0.25) is 4.79 Å². The lowest BCUT2D eigenvalue weighted by atomic mass is 10.2. The van der Waals surface area contributed by atoms with Crippen molar-refractivity contribution in [1.29, 1.82) is 0 Å². The van der Waals surface area contributed by atoms with E-state index >= 15 is 0 Å². The summed E-state index contributed by atoms with van der Waals surface area (Å²) in [7, 11) is 5.07. The number of carboxylic acid groups (broad SMARTS) is 1. The Kier molecular flexibility index (Phi) is 4.55. The number of likely N-dealkylation sites (N-methyl/N-ethyl adjacent to an activating group) is 2. The third-order valence-corrected chi connectivity index (χ3v) is 2.78. The summed E-state index contributed by atoms with van der Waals surface area (Å²) in [6.07, 6.45) is 0. The summed E-state index contributed by atoms with van der Waals surface area (Å²) in [6.45, 7) is 0.180. The number of amides is 1. The van der Waals surface area contributed by atoms with Gasteiger partial charge in [0.15, 0.2) is 0 Å². The molecule has 1 N–H and O–H groups in total. The molecular weight excluding hydrogens is 256 g/mol. The molecule has 0 fully saturated rings. The maximum Gasteiger partial charge on any atom is 0.335 e. The molecule has 1 aromatic carbocycles. The summed E-state index contributed by atoms with van der Waals surface area (Å²) in [4.78, 5) is 25.5. The van der Waals surface area contributed by atoms with E-state index < -0.39 is 5.97 Å². The molecule has 0 saturated carbocycles.